The molecule has 2 atom stereocenters. The number of hydrogen-bond donors (Lipinski definition) is 2. The first-order chi connectivity index (χ1) is 12.1. The number of hydrogen-bond acceptors (Lipinski definition) is 3. The lowest BCUT2D eigenvalue weighted by Gasteiger charge is -2.41. The number of nitrogens with one attached hydrogen (secondary N) is 2. The van der Waals surface area contributed by atoms with Crippen LogP contribution < -0.4 is 20.8 Å². The van der Waals surface area contributed by atoms with Gasteiger partial charge in [0, 0.05) is 21.7 Å². The number of rotatable bonds is 6. The van der Waals surface area contributed by atoms with E-state index in [1.165, 1.54) is 10.6 Å². The van der Waals surface area contributed by atoms with Crippen molar-refractivity contribution in [3.63, 3.8) is 0 Å². The molecule has 0 aliphatic rings. The molecule has 26 heavy (non-hydrogen) atoms. The maximum Gasteiger partial charge on any atom is 0.0748 e. The van der Waals surface area contributed by atoms with Crippen LogP contribution >= 0.6 is 16.4 Å². The predicted molar refractivity (Wildman–Crippen MR) is 120 cm³/mol. The third-order valence-corrected chi connectivity index (χ3v) is 9.03. The second kappa shape index (κ2) is 8.91. The highest BCUT2D eigenvalue weighted by atomic mass is 31.2. The molecule has 0 saturated carbocycles. The first kappa shape index (κ1) is 21.5. The van der Waals surface area contributed by atoms with Crippen molar-refractivity contribution in [2.45, 2.75) is 52.6 Å². The van der Waals surface area contributed by atoms with Crippen molar-refractivity contribution in [1.82, 2.24) is 14.6 Å². The zero-order chi connectivity index (χ0) is 19.4. The summed E-state index contributed by atoms with van der Waals surface area (Å²) in [7, 11) is 0.902. The SMILES string of the molecule is CN(P(NC(C)(C)C)c1ccccc1)P(NC(C)(C)C)c1ccccc1. The fourth-order valence-corrected chi connectivity index (χ4v) is 7.47. The van der Waals surface area contributed by atoms with Gasteiger partial charge in [-0.05, 0) is 48.6 Å². The van der Waals surface area contributed by atoms with Crippen LogP contribution in [0.5, 0.6) is 0 Å². The van der Waals surface area contributed by atoms with E-state index < -0.39 is 16.4 Å². The predicted octanol–water partition coefficient (Wildman–Crippen LogP) is 4.97. The summed E-state index contributed by atoms with van der Waals surface area (Å²) in [5.74, 6) is 0. The molecule has 0 amide bonds. The molecular formula is C21H33N3P2. The van der Waals surface area contributed by atoms with Crippen molar-refractivity contribution in [1.29, 1.82) is 0 Å². The van der Waals surface area contributed by atoms with E-state index in [-0.39, 0.29) is 11.1 Å². The van der Waals surface area contributed by atoms with Crippen molar-refractivity contribution < 1.29 is 0 Å². The van der Waals surface area contributed by atoms with Gasteiger partial charge in [0.2, 0.25) is 0 Å². The van der Waals surface area contributed by atoms with Crippen molar-refractivity contribution in [3.8, 4) is 0 Å². The van der Waals surface area contributed by atoms with Gasteiger partial charge in [-0.1, -0.05) is 60.7 Å². The molecule has 0 saturated heterocycles. The van der Waals surface area contributed by atoms with Crippen molar-refractivity contribution in [2.24, 2.45) is 0 Å². The quantitative estimate of drug-likeness (QED) is 0.683. The summed E-state index contributed by atoms with van der Waals surface area (Å²) in [5, 5.41) is 10.4. The second-order valence-electron chi connectivity index (χ2n) is 8.51. The largest absolute Gasteiger partial charge is 0.275 e. The molecule has 2 unspecified atom stereocenters. The van der Waals surface area contributed by atoms with Crippen LogP contribution in [0.2, 0.25) is 0 Å². The highest BCUT2D eigenvalue weighted by Crippen LogP contribution is 2.51. The fourth-order valence-electron chi connectivity index (χ4n) is 2.47. The molecular weight excluding hydrogens is 356 g/mol. The lowest BCUT2D eigenvalue weighted by molar-refractivity contribution is 0.513. The van der Waals surface area contributed by atoms with Crippen LogP contribution in [0.1, 0.15) is 41.5 Å². The molecule has 0 aromatic heterocycles. The van der Waals surface area contributed by atoms with Gasteiger partial charge in [-0.25, -0.2) is 4.44 Å². The smallest absolute Gasteiger partial charge is 0.0748 e. The van der Waals surface area contributed by atoms with E-state index in [1.807, 2.05) is 0 Å². The van der Waals surface area contributed by atoms with Gasteiger partial charge in [0.15, 0.2) is 0 Å². The third kappa shape index (κ3) is 6.72. The summed E-state index contributed by atoms with van der Waals surface area (Å²) in [6, 6.07) is 21.6. The molecule has 3 nitrogen and oxygen atoms in total. The van der Waals surface area contributed by atoms with Crippen LogP contribution in [0.3, 0.4) is 0 Å². The molecule has 0 fully saturated rings. The van der Waals surface area contributed by atoms with E-state index in [1.54, 1.807) is 0 Å². The van der Waals surface area contributed by atoms with Crippen molar-refractivity contribution in [2.75, 3.05) is 7.05 Å². The molecule has 0 aliphatic heterocycles. The minimum Gasteiger partial charge on any atom is -0.275 e. The molecule has 142 valence electrons. The van der Waals surface area contributed by atoms with E-state index in [0.29, 0.717) is 0 Å². The van der Waals surface area contributed by atoms with Gasteiger partial charge in [0.1, 0.15) is 0 Å². The third-order valence-electron chi connectivity index (χ3n) is 3.46. The summed E-state index contributed by atoms with van der Waals surface area (Å²) >= 11 is 0. The molecule has 0 radical (unpaired) electrons. The van der Waals surface area contributed by atoms with Crippen LogP contribution in [0.4, 0.5) is 0 Å². The van der Waals surface area contributed by atoms with Crippen LogP contribution in [-0.2, 0) is 0 Å². The van der Waals surface area contributed by atoms with Crippen molar-refractivity contribution in [3.05, 3.63) is 60.7 Å². The zero-order valence-electron chi connectivity index (χ0n) is 17.1. The normalized spacial score (nSPS) is 15.1. The van der Waals surface area contributed by atoms with E-state index >= 15 is 0 Å². The summed E-state index contributed by atoms with van der Waals surface area (Å²) in [4.78, 5) is 0. The molecule has 2 N–H and O–H groups in total. The molecule has 0 bridgehead atoms. The molecule has 2 rings (SSSR count). The lowest BCUT2D eigenvalue weighted by atomic mass is 10.1. The van der Waals surface area contributed by atoms with Gasteiger partial charge in [0.25, 0.3) is 0 Å². The van der Waals surface area contributed by atoms with E-state index in [0.717, 1.165) is 0 Å². The van der Waals surface area contributed by atoms with Crippen LogP contribution in [-0.4, -0.2) is 22.6 Å². The maximum absolute atomic E-state index is 3.88. The van der Waals surface area contributed by atoms with Gasteiger partial charge in [-0.3, -0.25) is 10.2 Å². The molecule has 0 spiro atoms. The van der Waals surface area contributed by atoms with E-state index in [2.05, 4.69) is 124 Å². The second-order valence-corrected chi connectivity index (χ2v) is 12.8. The first-order valence-corrected chi connectivity index (χ1v) is 11.7. The number of nitrogens with zero attached hydrogens (tertiary/aromatic N) is 1. The average molecular weight is 389 g/mol. The Hall–Kier alpha value is -0.820. The highest BCUT2D eigenvalue weighted by molar-refractivity contribution is 7.75. The summed E-state index contributed by atoms with van der Waals surface area (Å²) in [6.07, 6.45) is 0. The van der Waals surface area contributed by atoms with Gasteiger partial charge in [-0.2, -0.15) is 0 Å². The molecule has 5 heteroatoms. The Morgan fingerprint density at radius 2 is 0.923 bits per heavy atom. The average Bonchev–Trinajstić information content (AvgIpc) is 2.57. The highest BCUT2D eigenvalue weighted by Gasteiger charge is 2.31. The Kier molecular flexibility index (Phi) is 7.36. The Bertz CT molecular complexity index is 604. The van der Waals surface area contributed by atoms with Crippen LogP contribution in [0, 0.1) is 0 Å². The minimum absolute atomic E-state index is 0.0369. The Morgan fingerprint density at radius 1 is 0.615 bits per heavy atom. The maximum atomic E-state index is 3.88. The first-order valence-electron chi connectivity index (χ1n) is 9.06. The monoisotopic (exact) mass is 389 g/mol. The standard InChI is InChI=1S/C21H33N3P2/c1-20(2,3)22-25(18-14-10-8-11-15-18)24(7)26(23-21(4,5)6)19-16-12-9-13-17-19/h8-17,22-23H,1-7H3. The zero-order valence-corrected chi connectivity index (χ0v) is 18.9. The minimum atomic E-state index is -0.671. The lowest BCUT2D eigenvalue weighted by Crippen LogP contribution is -2.42. The van der Waals surface area contributed by atoms with Crippen molar-refractivity contribution >= 4 is 27.1 Å². The van der Waals surface area contributed by atoms with Crippen LogP contribution in [0.15, 0.2) is 60.7 Å². The fraction of sp³-hybridized carbons (Fsp3) is 0.429. The summed E-state index contributed by atoms with van der Waals surface area (Å²) in [6.45, 7) is 13.4. The molecule has 2 aromatic carbocycles. The van der Waals surface area contributed by atoms with Crippen LogP contribution in [0.25, 0.3) is 0 Å². The molecule has 2 aromatic rings. The van der Waals surface area contributed by atoms with E-state index in [4.69, 9.17) is 0 Å². The summed E-state index contributed by atoms with van der Waals surface area (Å²) in [5.41, 5.74) is 0.0739. The Morgan fingerprint density at radius 3 is 1.19 bits per heavy atom. The van der Waals surface area contributed by atoms with Gasteiger partial charge in [-0.15, -0.1) is 0 Å². The van der Waals surface area contributed by atoms with E-state index in [9.17, 15) is 0 Å². The Balaban J connectivity index is 2.42. The summed E-state index contributed by atoms with van der Waals surface area (Å²) < 4.78 is 2.52. The topological polar surface area (TPSA) is 27.3 Å². The van der Waals surface area contributed by atoms with Gasteiger partial charge in [0.05, 0.1) is 16.4 Å². The number of benzene rings is 2. The molecule has 0 heterocycles. The Labute approximate surface area is 162 Å². The van der Waals surface area contributed by atoms with Gasteiger partial charge >= 0.3 is 0 Å². The molecule has 0 aliphatic carbocycles. The van der Waals surface area contributed by atoms with Gasteiger partial charge < -0.3 is 0 Å².